The number of fused-ring (bicyclic) bond motifs is 1. The zero-order valence-electron chi connectivity index (χ0n) is 10.3. The molecular formula is C14H13NO4. The van der Waals surface area contributed by atoms with E-state index in [0.717, 1.165) is 16.5 Å². The van der Waals surface area contributed by atoms with E-state index in [1.807, 2.05) is 6.07 Å². The van der Waals surface area contributed by atoms with Crippen LogP contribution >= 0.6 is 0 Å². The first-order valence-corrected chi connectivity index (χ1v) is 5.69. The third kappa shape index (κ3) is 2.82. The van der Waals surface area contributed by atoms with Gasteiger partial charge >= 0.3 is 11.9 Å². The molecule has 5 heteroatoms. The van der Waals surface area contributed by atoms with Gasteiger partial charge in [-0.2, -0.15) is 0 Å². The molecule has 0 aliphatic rings. The summed E-state index contributed by atoms with van der Waals surface area (Å²) in [6.45, 7) is 0. The van der Waals surface area contributed by atoms with Crippen molar-refractivity contribution in [2.24, 2.45) is 0 Å². The van der Waals surface area contributed by atoms with Crippen molar-refractivity contribution >= 4 is 28.9 Å². The first-order valence-electron chi connectivity index (χ1n) is 5.69. The number of aromatic nitrogens is 1. The van der Waals surface area contributed by atoms with Gasteiger partial charge in [0.05, 0.1) is 19.1 Å². The van der Waals surface area contributed by atoms with Crippen molar-refractivity contribution < 1.29 is 19.4 Å². The monoisotopic (exact) mass is 259 g/mol. The molecule has 0 fully saturated rings. The molecule has 2 rings (SSSR count). The van der Waals surface area contributed by atoms with Gasteiger partial charge in [-0.15, -0.1) is 0 Å². The summed E-state index contributed by atoms with van der Waals surface area (Å²) in [4.78, 5) is 25.2. The largest absolute Gasteiger partial charge is 0.481 e. The first kappa shape index (κ1) is 12.9. The molecule has 0 unspecified atom stereocenters. The van der Waals surface area contributed by atoms with Crippen LogP contribution in [0.25, 0.3) is 17.0 Å². The van der Waals surface area contributed by atoms with E-state index in [-0.39, 0.29) is 6.42 Å². The number of H-pyrrole nitrogens is 1. The van der Waals surface area contributed by atoms with Gasteiger partial charge in [0, 0.05) is 17.1 Å². The van der Waals surface area contributed by atoms with E-state index in [9.17, 15) is 9.59 Å². The number of carboxylic acids is 1. The number of aromatic amines is 1. The molecule has 0 saturated carbocycles. The highest BCUT2D eigenvalue weighted by Crippen LogP contribution is 2.22. The maximum absolute atomic E-state index is 11.7. The lowest BCUT2D eigenvalue weighted by atomic mass is 10.1. The Bertz CT molecular complexity index is 655. The van der Waals surface area contributed by atoms with E-state index in [1.165, 1.54) is 13.2 Å². The van der Waals surface area contributed by atoms with Crippen LogP contribution in [0.5, 0.6) is 0 Å². The Morgan fingerprint density at radius 2 is 2.21 bits per heavy atom. The lowest BCUT2D eigenvalue weighted by Crippen LogP contribution is -2.02. The van der Waals surface area contributed by atoms with Crippen molar-refractivity contribution in [1.82, 2.24) is 4.98 Å². The van der Waals surface area contributed by atoms with E-state index < -0.39 is 11.9 Å². The number of hydrogen-bond acceptors (Lipinski definition) is 3. The van der Waals surface area contributed by atoms with E-state index in [1.54, 1.807) is 24.4 Å². The van der Waals surface area contributed by atoms with Gasteiger partial charge in [0.1, 0.15) is 0 Å². The number of carbonyl (C=O) groups is 2. The average Bonchev–Trinajstić information content (AvgIpc) is 2.84. The van der Waals surface area contributed by atoms with Crippen LogP contribution in [0, 0.1) is 0 Å². The molecule has 2 aromatic rings. The molecule has 0 bridgehead atoms. The summed E-state index contributed by atoms with van der Waals surface area (Å²) >= 11 is 0. The summed E-state index contributed by atoms with van der Waals surface area (Å²) < 4.78 is 4.74. The van der Waals surface area contributed by atoms with Crippen LogP contribution in [-0.2, 0) is 9.53 Å². The second-order valence-corrected chi connectivity index (χ2v) is 4.00. The van der Waals surface area contributed by atoms with Gasteiger partial charge in [0.15, 0.2) is 0 Å². The molecule has 5 nitrogen and oxygen atoms in total. The predicted molar refractivity (Wildman–Crippen MR) is 70.9 cm³/mol. The maximum Gasteiger partial charge on any atom is 0.338 e. The molecule has 0 spiro atoms. The Morgan fingerprint density at radius 1 is 1.42 bits per heavy atom. The maximum atomic E-state index is 11.7. The molecule has 0 atom stereocenters. The fraction of sp³-hybridized carbons (Fsp3) is 0.143. The lowest BCUT2D eigenvalue weighted by molar-refractivity contribution is -0.135. The Labute approximate surface area is 109 Å². The van der Waals surface area contributed by atoms with Crippen LogP contribution in [-0.4, -0.2) is 29.1 Å². The number of hydrogen-bond donors (Lipinski definition) is 2. The summed E-state index contributed by atoms with van der Waals surface area (Å²) in [5, 5.41) is 9.36. The Hall–Kier alpha value is -2.56. The fourth-order valence-electron chi connectivity index (χ4n) is 1.86. The summed E-state index contributed by atoms with van der Waals surface area (Å²) in [6, 6.07) is 5.33. The average molecular weight is 259 g/mol. The van der Waals surface area contributed by atoms with Gasteiger partial charge in [-0.3, -0.25) is 4.79 Å². The number of carboxylic acid groups (broad SMARTS) is 1. The summed E-state index contributed by atoms with van der Waals surface area (Å²) in [5.41, 5.74) is 2.01. The zero-order valence-corrected chi connectivity index (χ0v) is 10.3. The van der Waals surface area contributed by atoms with Crippen LogP contribution in [0.1, 0.15) is 22.3 Å². The fourth-order valence-corrected chi connectivity index (χ4v) is 1.86. The SMILES string of the molecule is COC(=O)c1cc(C=CCC(=O)O)cc2[nH]ccc12. The minimum Gasteiger partial charge on any atom is -0.481 e. The molecule has 0 aliphatic carbocycles. The van der Waals surface area contributed by atoms with Crippen LogP contribution < -0.4 is 0 Å². The van der Waals surface area contributed by atoms with Crippen molar-refractivity contribution in [2.45, 2.75) is 6.42 Å². The number of benzene rings is 1. The van der Waals surface area contributed by atoms with Gasteiger partial charge in [-0.05, 0) is 23.8 Å². The van der Waals surface area contributed by atoms with Crippen LogP contribution in [0.2, 0.25) is 0 Å². The van der Waals surface area contributed by atoms with Crippen LogP contribution in [0.15, 0.2) is 30.5 Å². The van der Waals surface area contributed by atoms with Crippen LogP contribution in [0.4, 0.5) is 0 Å². The molecule has 0 saturated heterocycles. The van der Waals surface area contributed by atoms with Crippen molar-refractivity contribution in [3.8, 4) is 0 Å². The first-order chi connectivity index (χ1) is 9.11. The van der Waals surface area contributed by atoms with Gasteiger partial charge in [-0.25, -0.2) is 4.79 Å². The standard InChI is InChI=1S/C14H13NO4/c1-19-14(18)11-7-9(3-2-4-13(16)17)8-12-10(11)5-6-15-12/h2-3,5-8,15H,4H2,1H3,(H,16,17). The molecule has 1 aromatic heterocycles. The summed E-state index contributed by atoms with van der Waals surface area (Å²) in [6.07, 6.45) is 4.88. The second kappa shape index (κ2) is 5.39. The number of aliphatic carboxylic acids is 1. The van der Waals surface area contributed by atoms with Crippen molar-refractivity contribution in [3.63, 3.8) is 0 Å². The van der Waals surface area contributed by atoms with E-state index in [2.05, 4.69) is 4.98 Å². The highest BCUT2D eigenvalue weighted by atomic mass is 16.5. The van der Waals surface area contributed by atoms with E-state index in [4.69, 9.17) is 9.84 Å². The van der Waals surface area contributed by atoms with E-state index in [0.29, 0.717) is 5.56 Å². The number of methoxy groups -OCH3 is 1. The molecule has 0 aliphatic heterocycles. The van der Waals surface area contributed by atoms with Crippen molar-refractivity contribution in [1.29, 1.82) is 0 Å². The van der Waals surface area contributed by atoms with Crippen molar-refractivity contribution in [2.75, 3.05) is 7.11 Å². The number of nitrogens with one attached hydrogen (secondary N) is 1. The number of esters is 1. The summed E-state index contributed by atoms with van der Waals surface area (Å²) in [5.74, 6) is -1.32. The van der Waals surface area contributed by atoms with Gasteiger partial charge in [0.2, 0.25) is 0 Å². The third-order valence-electron chi connectivity index (χ3n) is 2.70. The van der Waals surface area contributed by atoms with Gasteiger partial charge in [-0.1, -0.05) is 12.2 Å². The highest BCUT2D eigenvalue weighted by Gasteiger charge is 2.11. The summed E-state index contributed by atoms with van der Waals surface area (Å²) in [7, 11) is 1.33. The smallest absolute Gasteiger partial charge is 0.338 e. The normalized spacial score (nSPS) is 11.0. The number of rotatable bonds is 4. The molecule has 1 aromatic carbocycles. The molecule has 98 valence electrons. The van der Waals surface area contributed by atoms with E-state index >= 15 is 0 Å². The predicted octanol–water partition coefficient (Wildman–Crippen LogP) is 2.44. The quantitative estimate of drug-likeness (QED) is 0.826. The minimum atomic E-state index is -0.898. The van der Waals surface area contributed by atoms with Gasteiger partial charge in [0.25, 0.3) is 0 Å². The minimum absolute atomic E-state index is 0.0592. The van der Waals surface area contributed by atoms with Crippen molar-refractivity contribution in [3.05, 3.63) is 41.6 Å². The second-order valence-electron chi connectivity index (χ2n) is 4.00. The molecule has 0 radical (unpaired) electrons. The van der Waals surface area contributed by atoms with Gasteiger partial charge < -0.3 is 14.8 Å². The highest BCUT2D eigenvalue weighted by molar-refractivity contribution is 6.04. The Kier molecular flexibility index (Phi) is 3.66. The number of carbonyl (C=O) groups excluding carboxylic acids is 1. The third-order valence-corrected chi connectivity index (χ3v) is 2.70. The lowest BCUT2D eigenvalue weighted by Gasteiger charge is -2.03. The Morgan fingerprint density at radius 3 is 2.89 bits per heavy atom. The molecule has 1 heterocycles. The van der Waals surface area contributed by atoms with Crippen LogP contribution in [0.3, 0.4) is 0 Å². The molecule has 0 amide bonds. The number of ether oxygens (including phenoxy) is 1. The Balaban J connectivity index is 2.43. The topological polar surface area (TPSA) is 79.4 Å². The molecule has 19 heavy (non-hydrogen) atoms. The zero-order chi connectivity index (χ0) is 13.8. The molecular weight excluding hydrogens is 246 g/mol. The molecule has 2 N–H and O–H groups in total.